The molecule has 0 fully saturated rings. The molecule has 2 N–H and O–H groups in total. The van der Waals surface area contributed by atoms with Gasteiger partial charge >= 0.3 is 5.97 Å². The standard InChI is InChI=1S/C11H11NO3/c1-7-4-5-11(15,10(13)14)8-3-2-6-12-9(7)8/h2-3,6,15H,1,4-5H2,(H,13,14). The van der Waals surface area contributed by atoms with E-state index < -0.39 is 11.6 Å². The number of aliphatic carboxylic acids is 1. The molecule has 78 valence electrons. The zero-order chi connectivity index (χ0) is 11.1. The van der Waals surface area contributed by atoms with Gasteiger partial charge in [-0.15, -0.1) is 0 Å². The van der Waals surface area contributed by atoms with Crippen LogP contribution in [0.25, 0.3) is 5.57 Å². The first kappa shape index (κ1) is 9.86. The molecule has 0 amide bonds. The highest BCUT2D eigenvalue weighted by molar-refractivity contribution is 5.83. The van der Waals surface area contributed by atoms with Gasteiger partial charge in [0.1, 0.15) is 0 Å². The fraction of sp³-hybridized carbons (Fsp3) is 0.273. The molecule has 0 aromatic carbocycles. The summed E-state index contributed by atoms with van der Waals surface area (Å²) in [6.07, 6.45) is 2.17. The molecule has 0 saturated heterocycles. The predicted molar refractivity (Wildman–Crippen MR) is 54.0 cm³/mol. The van der Waals surface area contributed by atoms with Crippen LogP contribution >= 0.6 is 0 Å². The molecule has 2 rings (SSSR count). The summed E-state index contributed by atoms with van der Waals surface area (Å²) < 4.78 is 0. The first-order chi connectivity index (χ1) is 7.05. The van der Waals surface area contributed by atoms with Crippen molar-refractivity contribution in [1.82, 2.24) is 4.98 Å². The largest absolute Gasteiger partial charge is 0.479 e. The maximum absolute atomic E-state index is 11.0. The van der Waals surface area contributed by atoms with Crippen molar-refractivity contribution in [2.24, 2.45) is 0 Å². The highest BCUT2D eigenvalue weighted by atomic mass is 16.4. The van der Waals surface area contributed by atoms with Crippen LogP contribution in [0.15, 0.2) is 24.9 Å². The fourth-order valence-corrected chi connectivity index (χ4v) is 1.83. The maximum atomic E-state index is 11.0. The van der Waals surface area contributed by atoms with Crippen LogP contribution in [0.2, 0.25) is 0 Å². The minimum absolute atomic E-state index is 0.153. The lowest BCUT2D eigenvalue weighted by atomic mass is 9.80. The van der Waals surface area contributed by atoms with Crippen molar-refractivity contribution in [3.8, 4) is 0 Å². The number of aromatic nitrogens is 1. The molecule has 4 nitrogen and oxygen atoms in total. The second-order valence-corrected chi connectivity index (χ2v) is 3.67. The molecule has 0 spiro atoms. The number of pyridine rings is 1. The van der Waals surface area contributed by atoms with Gasteiger partial charge in [0.2, 0.25) is 0 Å². The summed E-state index contributed by atoms with van der Waals surface area (Å²) in [5.41, 5.74) is -0.191. The third kappa shape index (κ3) is 1.34. The minimum Gasteiger partial charge on any atom is -0.479 e. The van der Waals surface area contributed by atoms with Crippen molar-refractivity contribution < 1.29 is 15.0 Å². The number of hydrogen-bond donors (Lipinski definition) is 2. The molecule has 1 atom stereocenters. The molecule has 1 unspecified atom stereocenters. The second kappa shape index (κ2) is 3.17. The van der Waals surface area contributed by atoms with Crippen LogP contribution in [0.1, 0.15) is 24.1 Å². The Kier molecular flexibility index (Phi) is 2.08. The van der Waals surface area contributed by atoms with Gasteiger partial charge in [0.05, 0.1) is 5.69 Å². The fourth-order valence-electron chi connectivity index (χ4n) is 1.83. The van der Waals surface area contributed by atoms with Crippen molar-refractivity contribution in [1.29, 1.82) is 0 Å². The maximum Gasteiger partial charge on any atom is 0.340 e. The summed E-state index contributed by atoms with van der Waals surface area (Å²) in [7, 11) is 0. The number of rotatable bonds is 1. The van der Waals surface area contributed by atoms with E-state index in [9.17, 15) is 9.90 Å². The van der Waals surface area contributed by atoms with E-state index in [4.69, 9.17) is 5.11 Å². The number of allylic oxidation sites excluding steroid dienone is 1. The van der Waals surface area contributed by atoms with Gasteiger partial charge in [-0.25, -0.2) is 4.79 Å². The molecule has 4 heteroatoms. The summed E-state index contributed by atoms with van der Waals surface area (Å²) >= 11 is 0. The molecule has 0 radical (unpaired) electrons. The Morgan fingerprint density at radius 1 is 1.60 bits per heavy atom. The van der Waals surface area contributed by atoms with Gasteiger partial charge in [0.25, 0.3) is 0 Å². The average Bonchev–Trinajstić information content (AvgIpc) is 2.24. The van der Waals surface area contributed by atoms with Gasteiger partial charge in [0, 0.05) is 11.8 Å². The zero-order valence-corrected chi connectivity index (χ0v) is 8.10. The molecule has 15 heavy (non-hydrogen) atoms. The number of carbonyl (C=O) groups is 1. The van der Waals surface area contributed by atoms with Gasteiger partial charge in [-0.1, -0.05) is 12.6 Å². The number of carboxylic acid groups (broad SMARTS) is 1. The van der Waals surface area contributed by atoms with E-state index in [2.05, 4.69) is 11.6 Å². The summed E-state index contributed by atoms with van der Waals surface area (Å²) in [6, 6.07) is 3.20. The number of nitrogens with zero attached hydrogens (tertiary/aromatic N) is 1. The van der Waals surface area contributed by atoms with Crippen LogP contribution in [0.3, 0.4) is 0 Å². The second-order valence-electron chi connectivity index (χ2n) is 3.67. The Balaban J connectivity index is 2.63. The molecule has 1 aromatic heterocycles. The highest BCUT2D eigenvalue weighted by Crippen LogP contribution is 2.39. The SMILES string of the molecule is C=C1CCC(O)(C(=O)O)c2cccnc21. The zero-order valence-electron chi connectivity index (χ0n) is 8.10. The summed E-state index contributed by atoms with van der Waals surface area (Å²) in [4.78, 5) is 15.1. The van der Waals surface area contributed by atoms with Gasteiger partial charge in [0.15, 0.2) is 5.60 Å². The van der Waals surface area contributed by atoms with Gasteiger partial charge in [-0.05, 0) is 24.5 Å². The van der Waals surface area contributed by atoms with E-state index in [0.717, 1.165) is 5.57 Å². The summed E-state index contributed by atoms with van der Waals surface area (Å²) in [5, 5.41) is 19.1. The topological polar surface area (TPSA) is 70.4 Å². The molecule has 0 saturated carbocycles. The first-order valence-corrected chi connectivity index (χ1v) is 4.65. The van der Waals surface area contributed by atoms with Crippen LogP contribution in [0, 0.1) is 0 Å². The lowest BCUT2D eigenvalue weighted by Gasteiger charge is -2.30. The summed E-state index contributed by atoms with van der Waals surface area (Å²) in [5.74, 6) is -1.23. The van der Waals surface area contributed by atoms with Gasteiger partial charge in [-0.2, -0.15) is 0 Å². The quantitative estimate of drug-likeness (QED) is 0.721. The number of fused-ring (bicyclic) bond motifs is 1. The molecular weight excluding hydrogens is 194 g/mol. The number of hydrogen-bond acceptors (Lipinski definition) is 3. The van der Waals surface area contributed by atoms with Crippen LogP contribution < -0.4 is 0 Å². The normalized spacial score (nSPS) is 24.7. The monoisotopic (exact) mass is 205 g/mol. The molecule has 1 heterocycles. The number of carboxylic acids is 1. The van der Waals surface area contributed by atoms with Crippen molar-refractivity contribution in [2.75, 3.05) is 0 Å². The van der Waals surface area contributed by atoms with Gasteiger partial charge < -0.3 is 10.2 Å². The Bertz CT molecular complexity index is 441. The van der Waals surface area contributed by atoms with E-state index in [1.807, 2.05) is 0 Å². The highest BCUT2D eigenvalue weighted by Gasteiger charge is 2.43. The number of aliphatic hydroxyl groups is 1. The average molecular weight is 205 g/mol. The molecule has 0 bridgehead atoms. The third-order valence-electron chi connectivity index (χ3n) is 2.73. The van der Waals surface area contributed by atoms with Crippen LogP contribution in [0.5, 0.6) is 0 Å². The van der Waals surface area contributed by atoms with Crippen LogP contribution in [-0.4, -0.2) is 21.2 Å². The first-order valence-electron chi connectivity index (χ1n) is 4.65. The Labute approximate surface area is 86.9 Å². The van der Waals surface area contributed by atoms with E-state index in [-0.39, 0.29) is 6.42 Å². The van der Waals surface area contributed by atoms with E-state index in [1.54, 1.807) is 18.3 Å². The van der Waals surface area contributed by atoms with Crippen molar-refractivity contribution in [3.05, 3.63) is 36.2 Å². The van der Waals surface area contributed by atoms with Crippen molar-refractivity contribution in [2.45, 2.75) is 18.4 Å². The molecule has 1 aromatic rings. The summed E-state index contributed by atoms with van der Waals surface area (Å²) in [6.45, 7) is 3.81. The van der Waals surface area contributed by atoms with Crippen LogP contribution in [0.4, 0.5) is 0 Å². The van der Waals surface area contributed by atoms with E-state index in [1.165, 1.54) is 0 Å². The third-order valence-corrected chi connectivity index (χ3v) is 2.73. The Morgan fingerprint density at radius 3 is 3.00 bits per heavy atom. The molecular formula is C11H11NO3. The predicted octanol–water partition coefficient (Wildman–Crippen LogP) is 1.16. The minimum atomic E-state index is -1.81. The Morgan fingerprint density at radius 2 is 2.33 bits per heavy atom. The molecule has 0 aliphatic heterocycles. The van der Waals surface area contributed by atoms with Crippen molar-refractivity contribution >= 4 is 11.5 Å². The smallest absolute Gasteiger partial charge is 0.340 e. The van der Waals surface area contributed by atoms with Gasteiger partial charge in [-0.3, -0.25) is 4.98 Å². The lowest BCUT2D eigenvalue weighted by Crippen LogP contribution is -2.38. The lowest BCUT2D eigenvalue weighted by molar-refractivity contribution is -0.160. The Hall–Kier alpha value is -1.68. The van der Waals surface area contributed by atoms with E-state index in [0.29, 0.717) is 17.7 Å². The molecule has 1 aliphatic rings. The van der Waals surface area contributed by atoms with Crippen molar-refractivity contribution in [3.63, 3.8) is 0 Å². The van der Waals surface area contributed by atoms with Crippen LogP contribution in [-0.2, 0) is 10.4 Å². The molecule has 1 aliphatic carbocycles. The van der Waals surface area contributed by atoms with E-state index >= 15 is 0 Å².